The Labute approximate surface area is 44.1 Å². The largest absolute Gasteiger partial charge is 0.0779 e. The van der Waals surface area contributed by atoms with E-state index in [2.05, 4.69) is 6.92 Å². The summed E-state index contributed by atoms with van der Waals surface area (Å²) in [5, 5.41) is 0. The molecule has 1 atom stereocenters. The van der Waals surface area contributed by atoms with Gasteiger partial charge in [0.05, 0.1) is 0 Å². The first-order valence-electron chi connectivity index (χ1n) is 1.88. The smallest absolute Gasteiger partial charge is 0.0312 e. The zero-order valence-electron chi connectivity index (χ0n) is 3.55. The summed E-state index contributed by atoms with van der Waals surface area (Å²) in [6.45, 7) is 2.90. The Balaban J connectivity index is 1.90. The minimum absolute atomic E-state index is 0.622. The first-order chi connectivity index (χ1) is 2.93. The zero-order chi connectivity index (χ0) is 4.41. The molecule has 0 aliphatic carbocycles. The van der Waals surface area contributed by atoms with Gasteiger partial charge in [0.1, 0.15) is 0 Å². The summed E-state index contributed by atoms with van der Waals surface area (Å²) in [6.07, 6.45) is 1.44. The molecule has 0 fully saturated rings. The molecule has 4 heteroatoms. The number of hydrogen-bond donors (Lipinski definition) is 0. The van der Waals surface area contributed by atoms with Gasteiger partial charge in [-0.05, 0) is 21.3 Å². The van der Waals surface area contributed by atoms with Crippen LogP contribution in [0.3, 0.4) is 0 Å². The van der Waals surface area contributed by atoms with Crippen molar-refractivity contribution >= 4 is 30.4 Å². The molecule has 0 aromatic carbocycles. The average Bonchev–Trinajstić information content (AvgIpc) is 2.21. The van der Waals surface area contributed by atoms with E-state index in [4.69, 9.17) is 0 Å². The lowest BCUT2D eigenvalue weighted by molar-refractivity contribution is 1.53. The van der Waals surface area contributed by atoms with Crippen LogP contribution < -0.4 is 0 Å². The van der Waals surface area contributed by atoms with Crippen molar-refractivity contribution in [2.75, 3.05) is 6.16 Å². The fourth-order valence-corrected chi connectivity index (χ4v) is 13.8. The normalized spacial score (nSPS) is 35.2. The maximum Gasteiger partial charge on any atom is 0.0312 e. The lowest BCUT2D eigenvalue weighted by Crippen LogP contribution is -1.43. The van der Waals surface area contributed by atoms with Crippen LogP contribution in [0.5, 0.6) is 0 Å². The highest BCUT2D eigenvalue weighted by molar-refractivity contribution is 8.96. The van der Waals surface area contributed by atoms with E-state index >= 15 is 0 Å². The van der Waals surface area contributed by atoms with E-state index in [1.165, 1.54) is 14.4 Å². The van der Waals surface area contributed by atoms with Gasteiger partial charge >= 0.3 is 0 Å². The van der Waals surface area contributed by atoms with E-state index in [1.807, 2.05) is 0 Å². The average molecular weight is 154 g/mol. The first kappa shape index (κ1) is 5.59. The predicted octanol–water partition coefficient (Wildman–Crippen LogP) is 3.73. The summed E-state index contributed by atoms with van der Waals surface area (Å²) in [4.78, 5) is 0. The summed E-state index contributed by atoms with van der Waals surface area (Å²) in [7, 11) is 4.85. The maximum atomic E-state index is 2.28. The molecule has 0 spiro atoms. The van der Waals surface area contributed by atoms with Crippen molar-refractivity contribution in [1.29, 1.82) is 0 Å². The molecule has 1 heterocycles. The van der Waals surface area contributed by atoms with Gasteiger partial charge in [-0.2, -0.15) is 0 Å². The van der Waals surface area contributed by atoms with Crippen LogP contribution in [0.15, 0.2) is 0 Å². The molecule has 34 valence electrons. The van der Waals surface area contributed by atoms with Crippen LogP contribution in [0.1, 0.15) is 6.92 Å². The third kappa shape index (κ3) is 1.95. The Morgan fingerprint density at radius 3 is 2.50 bits per heavy atom. The lowest BCUT2D eigenvalue weighted by Gasteiger charge is -1.83. The summed E-state index contributed by atoms with van der Waals surface area (Å²) in [6, 6.07) is 0. The van der Waals surface area contributed by atoms with Crippen LogP contribution in [0.25, 0.3) is 0 Å². The zero-order valence-corrected chi connectivity index (χ0v) is 7.23. The quantitative estimate of drug-likeness (QED) is 0.531. The molecule has 0 N–H and O–H groups in total. The van der Waals surface area contributed by atoms with Gasteiger partial charge in [0, 0.05) is 6.99 Å². The highest BCUT2D eigenvalue weighted by Crippen LogP contribution is 2.93. The second kappa shape index (κ2) is 2.69. The predicted molar refractivity (Wildman–Crippen MR) is 39.6 cm³/mol. The molecule has 1 rings (SSSR count). The third-order valence-corrected chi connectivity index (χ3v) is 14.9. The number of hydrogen-bond acceptors (Lipinski definition) is 0. The van der Waals surface area contributed by atoms with Crippen molar-refractivity contribution in [1.82, 2.24) is 0 Å². The van der Waals surface area contributed by atoms with Crippen LogP contribution in [-0.4, -0.2) is 6.16 Å². The summed E-state index contributed by atoms with van der Waals surface area (Å²) < 4.78 is 0. The molecule has 0 saturated carbocycles. The van der Waals surface area contributed by atoms with Gasteiger partial charge in [-0.1, -0.05) is 15.2 Å². The molecule has 6 heavy (non-hydrogen) atoms. The fraction of sp³-hybridized carbons (Fsp3) is 1.00. The molecule has 0 bridgehead atoms. The molecule has 0 saturated heterocycles. The Morgan fingerprint density at radius 2 is 2.33 bits per heavy atom. The SMILES string of the molecule is CCPP1P=P1. The Bertz CT molecular complexity index is 61.9. The molecule has 1 unspecified atom stereocenters. The minimum Gasteiger partial charge on any atom is -0.0779 e. The van der Waals surface area contributed by atoms with Crippen molar-refractivity contribution in [3.63, 3.8) is 0 Å². The van der Waals surface area contributed by atoms with Gasteiger partial charge in [0.15, 0.2) is 0 Å². The van der Waals surface area contributed by atoms with E-state index in [0.717, 1.165) is 0 Å². The standard InChI is InChI=1S/C2H6P4/c1-2-3-6-4-5-6/h3H,2H2,1H3. The van der Waals surface area contributed by atoms with Crippen LogP contribution in [0.2, 0.25) is 0 Å². The van der Waals surface area contributed by atoms with E-state index in [1.54, 1.807) is 15.1 Å². The van der Waals surface area contributed by atoms with Crippen LogP contribution in [0.4, 0.5) is 0 Å². The van der Waals surface area contributed by atoms with Crippen LogP contribution in [-0.2, 0) is 0 Å². The minimum atomic E-state index is 0.622. The molecule has 0 amide bonds. The molecular formula is C2H6P4. The highest BCUT2D eigenvalue weighted by Gasteiger charge is 2.09. The van der Waals surface area contributed by atoms with Crippen molar-refractivity contribution in [2.45, 2.75) is 6.92 Å². The van der Waals surface area contributed by atoms with Gasteiger partial charge in [0.25, 0.3) is 0 Å². The Morgan fingerprint density at radius 1 is 1.67 bits per heavy atom. The Hall–Kier alpha value is 1.46. The van der Waals surface area contributed by atoms with Crippen molar-refractivity contribution in [3.05, 3.63) is 0 Å². The molecule has 1 aliphatic heterocycles. The molecule has 0 aromatic heterocycles. The van der Waals surface area contributed by atoms with E-state index in [0.29, 0.717) is 6.99 Å². The molecule has 1 aliphatic rings. The molecule has 0 nitrogen and oxygen atoms in total. The second-order valence-corrected chi connectivity index (χ2v) is 15.1. The van der Waals surface area contributed by atoms with Gasteiger partial charge < -0.3 is 0 Å². The molecular weight excluding hydrogens is 148 g/mol. The summed E-state index contributed by atoms with van der Waals surface area (Å²) >= 11 is 0. The van der Waals surface area contributed by atoms with Crippen LogP contribution >= 0.6 is 30.4 Å². The van der Waals surface area contributed by atoms with Gasteiger partial charge in [-0.25, -0.2) is 0 Å². The number of rotatable bonds is 2. The molecule has 0 aromatic rings. The highest BCUT2D eigenvalue weighted by atomic mass is 33.0. The van der Waals surface area contributed by atoms with E-state index in [-0.39, 0.29) is 0 Å². The van der Waals surface area contributed by atoms with Gasteiger partial charge in [0.2, 0.25) is 0 Å². The third-order valence-electron chi connectivity index (χ3n) is 0.478. The summed E-state index contributed by atoms with van der Waals surface area (Å²) in [5.74, 6) is 0. The van der Waals surface area contributed by atoms with Crippen molar-refractivity contribution in [2.24, 2.45) is 0 Å². The van der Waals surface area contributed by atoms with Gasteiger partial charge in [-0.3, -0.25) is 0 Å². The lowest BCUT2D eigenvalue weighted by atomic mass is 11.0. The van der Waals surface area contributed by atoms with Crippen molar-refractivity contribution in [3.8, 4) is 0 Å². The monoisotopic (exact) mass is 154 g/mol. The first-order valence-corrected chi connectivity index (χ1v) is 9.18. The topological polar surface area (TPSA) is 0 Å². The van der Waals surface area contributed by atoms with E-state index < -0.39 is 0 Å². The van der Waals surface area contributed by atoms with Crippen molar-refractivity contribution < 1.29 is 0 Å². The Kier molecular flexibility index (Phi) is 2.51. The second-order valence-electron chi connectivity index (χ2n) is 0.980. The van der Waals surface area contributed by atoms with Crippen LogP contribution in [0, 0.1) is 0 Å². The summed E-state index contributed by atoms with van der Waals surface area (Å²) in [5.41, 5.74) is 0. The fourth-order valence-electron chi connectivity index (χ4n) is 0.225. The van der Waals surface area contributed by atoms with Gasteiger partial charge in [-0.15, -0.1) is 0 Å². The van der Waals surface area contributed by atoms with E-state index in [9.17, 15) is 0 Å². The maximum absolute atomic E-state index is 2.28. The molecule has 0 radical (unpaired) electrons.